The van der Waals surface area contributed by atoms with Gasteiger partial charge in [-0.3, -0.25) is 9.69 Å². The molecule has 0 bridgehead atoms. The van der Waals surface area contributed by atoms with Crippen LogP contribution in [0.5, 0.6) is 0 Å². The van der Waals surface area contributed by atoms with E-state index in [1.54, 1.807) is 0 Å². The highest BCUT2D eigenvalue weighted by molar-refractivity contribution is 5.93. The molecular weight excluding hydrogens is 366 g/mol. The molecule has 1 fully saturated rings. The molecule has 1 saturated heterocycles. The number of carbonyl (C=O) groups is 2. The van der Waals surface area contributed by atoms with Gasteiger partial charge in [-0.15, -0.1) is 0 Å². The molecule has 5 heteroatoms. The maximum Gasteiger partial charge on any atom is 0.334 e. The van der Waals surface area contributed by atoms with Crippen molar-refractivity contribution in [2.75, 3.05) is 32.8 Å². The van der Waals surface area contributed by atoms with Gasteiger partial charge in [0.15, 0.2) is 0 Å². The Labute approximate surface area is 178 Å². The van der Waals surface area contributed by atoms with Crippen LogP contribution in [-0.4, -0.2) is 49.7 Å². The third-order valence-electron chi connectivity index (χ3n) is 5.54. The Morgan fingerprint density at radius 2 is 1.24 bits per heavy atom. The molecule has 0 spiro atoms. The molecule has 0 aliphatic carbocycles. The van der Waals surface area contributed by atoms with Crippen LogP contribution in [0.25, 0.3) is 0 Å². The molecule has 1 aliphatic rings. The van der Waals surface area contributed by atoms with Gasteiger partial charge in [0.1, 0.15) is 13.2 Å². The van der Waals surface area contributed by atoms with Gasteiger partial charge in [-0.05, 0) is 13.0 Å². The first kappa shape index (κ1) is 25.7. The summed E-state index contributed by atoms with van der Waals surface area (Å²) < 4.78 is 10.4. The van der Waals surface area contributed by atoms with Crippen molar-refractivity contribution in [2.24, 2.45) is 0 Å². The van der Waals surface area contributed by atoms with E-state index in [1.807, 2.05) is 0 Å². The third kappa shape index (κ3) is 14.3. The number of cyclic esters (lactones) is 2. The van der Waals surface area contributed by atoms with E-state index in [0.29, 0.717) is 26.3 Å². The Morgan fingerprint density at radius 1 is 0.759 bits per heavy atom. The Kier molecular flexibility index (Phi) is 15.5. The summed E-state index contributed by atoms with van der Waals surface area (Å²) in [7, 11) is 0. The molecule has 168 valence electrons. The summed E-state index contributed by atoms with van der Waals surface area (Å²) in [5.74, 6) is -0.903. The van der Waals surface area contributed by atoms with Gasteiger partial charge in [0.05, 0.1) is 6.42 Å². The first-order valence-corrected chi connectivity index (χ1v) is 11.9. The summed E-state index contributed by atoms with van der Waals surface area (Å²) >= 11 is 0. The topological polar surface area (TPSA) is 55.8 Å². The van der Waals surface area contributed by atoms with Crippen LogP contribution in [-0.2, 0) is 19.1 Å². The van der Waals surface area contributed by atoms with E-state index in [0.717, 1.165) is 13.0 Å². The fourth-order valence-corrected chi connectivity index (χ4v) is 3.64. The lowest BCUT2D eigenvalue weighted by molar-refractivity contribution is -0.145. The van der Waals surface area contributed by atoms with E-state index in [4.69, 9.17) is 9.47 Å². The number of hydrogen-bond donors (Lipinski definition) is 0. The highest BCUT2D eigenvalue weighted by atomic mass is 16.5. The minimum atomic E-state index is -0.496. The molecule has 1 aliphatic heterocycles. The maximum absolute atomic E-state index is 11.7. The SMILES string of the molecule is C=C1CC(=O)OCCN(CCCCCCCCCCCCCCC)CCOC1=O. The zero-order valence-electron chi connectivity index (χ0n) is 18.7. The predicted molar refractivity (Wildman–Crippen MR) is 118 cm³/mol. The van der Waals surface area contributed by atoms with Crippen molar-refractivity contribution in [3.8, 4) is 0 Å². The quantitative estimate of drug-likeness (QED) is 0.218. The zero-order valence-corrected chi connectivity index (χ0v) is 18.7. The van der Waals surface area contributed by atoms with E-state index in [-0.39, 0.29) is 12.0 Å². The van der Waals surface area contributed by atoms with Crippen LogP contribution in [0.2, 0.25) is 0 Å². The van der Waals surface area contributed by atoms with E-state index in [9.17, 15) is 9.59 Å². The van der Waals surface area contributed by atoms with Crippen LogP contribution in [0.4, 0.5) is 0 Å². The molecule has 0 unspecified atom stereocenters. The minimum Gasteiger partial charge on any atom is -0.464 e. The lowest BCUT2D eigenvalue weighted by atomic mass is 10.0. The van der Waals surface area contributed by atoms with Crippen molar-refractivity contribution >= 4 is 11.9 Å². The van der Waals surface area contributed by atoms with Gasteiger partial charge < -0.3 is 9.47 Å². The van der Waals surface area contributed by atoms with E-state index in [2.05, 4.69) is 18.4 Å². The molecule has 1 heterocycles. The lowest BCUT2D eigenvalue weighted by Gasteiger charge is -2.21. The van der Waals surface area contributed by atoms with E-state index in [1.165, 1.54) is 77.0 Å². The Bertz CT molecular complexity index is 464. The largest absolute Gasteiger partial charge is 0.464 e. The molecule has 0 aromatic carbocycles. The highest BCUT2D eigenvalue weighted by Crippen LogP contribution is 2.13. The number of carbonyl (C=O) groups excluding carboxylic acids is 2. The second kappa shape index (κ2) is 17.5. The fraction of sp³-hybridized carbons (Fsp3) is 0.833. The van der Waals surface area contributed by atoms with Crippen molar-refractivity contribution in [3.05, 3.63) is 12.2 Å². The van der Waals surface area contributed by atoms with Crippen LogP contribution in [0.1, 0.15) is 96.8 Å². The molecule has 0 saturated carbocycles. The molecule has 0 N–H and O–H groups in total. The second-order valence-corrected chi connectivity index (χ2v) is 8.22. The van der Waals surface area contributed by atoms with Gasteiger partial charge in [-0.2, -0.15) is 0 Å². The van der Waals surface area contributed by atoms with Crippen LogP contribution in [0, 0.1) is 0 Å². The summed E-state index contributed by atoms with van der Waals surface area (Å²) in [5, 5.41) is 0. The minimum absolute atomic E-state index is 0.0856. The molecule has 0 aromatic rings. The number of ether oxygens (including phenoxy) is 2. The molecule has 29 heavy (non-hydrogen) atoms. The summed E-state index contributed by atoms with van der Waals surface area (Å²) in [6.45, 7) is 8.88. The van der Waals surface area contributed by atoms with Crippen molar-refractivity contribution in [3.63, 3.8) is 0 Å². The van der Waals surface area contributed by atoms with Gasteiger partial charge >= 0.3 is 11.9 Å². The Balaban J connectivity index is 2.02. The van der Waals surface area contributed by atoms with E-state index < -0.39 is 11.9 Å². The highest BCUT2D eigenvalue weighted by Gasteiger charge is 2.17. The second-order valence-electron chi connectivity index (χ2n) is 8.22. The molecule has 0 atom stereocenters. The first-order chi connectivity index (χ1) is 14.1. The van der Waals surface area contributed by atoms with Crippen molar-refractivity contribution in [1.82, 2.24) is 4.90 Å². The van der Waals surface area contributed by atoms with Crippen molar-refractivity contribution < 1.29 is 19.1 Å². The van der Waals surface area contributed by atoms with Gasteiger partial charge in [0.2, 0.25) is 0 Å². The van der Waals surface area contributed by atoms with Crippen LogP contribution in [0.15, 0.2) is 12.2 Å². The third-order valence-corrected chi connectivity index (χ3v) is 5.54. The number of hydrogen-bond acceptors (Lipinski definition) is 5. The molecule has 0 radical (unpaired) electrons. The van der Waals surface area contributed by atoms with Gasteiger partial charge in [0.25, 0.3) is 0 Å². The average Bonchev–Trinajstić information content (AvgIpc) is 2.72. The van der Waals surface area contributed by atoms with Gasteiger partial charge in [-0.1, -0.05) is 90.6 Å². The smallest absolute Gasteiger partial charge is 0.334 e. The lowest BCUT2D eigenvalue weighted by Crippen LogP contribution is -2.32. The molecule has 5 nitrogen and oxygen atoms in total. The fourth-order valence-electron chi connectivity index (χ4n) is 3.64. The number of nitrogens with zero attached hydrogens (tertiary/aromatic N) is 1. The van der Waals surface area contributed by atoms with Gasteiger partial charge in [0, 0.05) is 18.7 Å². The standard InChI is InChI=1S/C24H43NO4/c1-3-4-5-6-7-8-9-10-11-12-13-14-15-16-25-17-19-28-23(26)21-22(2)24(27)29-20-18-25/h2-21H2,1H3. The molecule has 0 amide bonds. The molecular formula is C24H43NO4. The van der Waals surface area contributed by atoms with Crippen molar-refractivity contribution in [2.45, 2.75) is 96.8 Å². The predicted octanol–water partition coefficient (Wildman–Crippen LogP) is 5.43. The monoisotopic (exact) mass is 409 g/mol. The Hall–Kier alpha value is -1.36. The first-order valence-electron chi connectivity index (χ1n) is 11.9. The maximum atomic E-state index is 11.7. The number of rotatable bonds is 14. The van der Waals surface area contributed by atoms with Crippen molar-refractivity contribution in [1.29, 1.82) is 0 Å². The van der Waals surface area contributed by atoms with E-state index >= 15 is 0 Å². The summed E-state index contributed by atoms with van der Waals surface area (Å²) in [6.07, 6.45) is 17.4. The molecule has 0 aromatic heterocycles. The number of unbranched alkanes of at least 4 members (excludes halogenated alkanes) is 12. The van der Waals surface area contributed by atoms with Crippen LogP contribution >= 0.6 is 0 Å². The molecule has 1 rings (SSSR count). The van der Waals surface area contributed by atoms with Gasteiger partial charge in [-0.25, -0.2) is 4.79 Å². The zero-order chi connectivity index (χ0) is 21.2. The van der Waals surface area contributed by atoms with Crippen LogP contribution in [0.3, 0.4) is 0 Å². The summed E-state index contributed by atoms with van der Waals surface area (Å²) in [5.41, 5.74) is 0.167. The average molecular weight is 410 g/mol. The van der Waals surface area contributed by atoms with Crippen LogP contribution < -0.4 is 0 Å². The summed E-state index contributed by atoms with van der Waals surface area (Å²) in [4.78, 5) is 25.6. The normalized spacial score (nSPS) is 16.9. The Morgan fingerprint density at radius 3 is 1.79 bits per heavy atom. The number of esters is 2. The summed E-state index contributed by atoms with van der Waals surface area (Å²) in [6, 6.07) is 0.